The molecule has 164 valence electrons. The number of anilines is 1. The van der Waals surface area contributed by atoms with Crippen molar-refractivity contribution in [1.29, 1.82) is 0 Å². The van der Waals surface area contributed by atoms with Crippen LogP contribution in [0.25, 0.3) is 10.9 Å². The summed E-state index contributed by atoms with van der Waals surface area (Å²) in [5, 5.41) is 5.14. The molecule has 4 aromatic rings. The molecule has 1 heterocycles. The number of nitrogens with zero attached hydrogens (tertiary/aromatic N) is 2. The average molecular weight is 464 g/mol. The summed E-state index contributed by atoms with van der Waals surface area (Å²) in [5.41, 5.74) is 3.85. The molecule has 4 rings (SSSR count). The molecule has 0 bridgehead atoms. The number of fused-ring (bicyclic) bond motifs is 1. The quantitative estimate of drug-likeness (QED) is 0.114. The molecule has 0 saturated carbocycles. The molecular weight excluding hydrogens is 449 g/mol. The van der Waals surface area contributed by atoms with Crippen LogP contribution in [0.15, 0.2) is 53.6 Å². The first kappa shape index (κ1) is 21.8. The lowest BCUT2D eigenvalue weighted by atomic mass is 10.1. The van der Waals surface area contributed by atoms with Gasteiger partial charge < -0.3 is 4.57 Å². The van der Waals surface area contributed by atoms with E-state index in [0.29, 0.717) is 17.1 Å². The third kappa shape index (κ3) is 3.71. The lowest BCUT2D eigenvalue weighted by Gasteiger charge is -2.10. The van der Waals surface area contributed by atoms with Crippen molar-refractivity contribution in [2.75, 3.05) is 5.43 Å². The Hall–Kier alpha value is -3.39. The van der Waals surface area contributed by atoms with Crippen molar-refractivity contribution in [2.45, 2.75) is 13.5 Å². The molecule has 3 nitrogen and oxygen atoms in total. The monoisotopic (exact) mass is 463 g/mol. The SMILES string of the molecule is Cc1c(/C=N\Nc2c(F)c(F)c(F)c(F)c2F)c2ccccc2n1Cc1ccccc1Cl. The molecule has 0 radical (unpaired) electrons. The van der Waals surface area contributed by atoms with Crippen LogP contribution in [-0.2, 0) is 6.54 Å². The summed E-state index contributed by atoms with van der Waals surface area (Å²) < 4.78 is 69.8. The highest BCUT2D eigenvalue weighted by Crippen LogP contribution is 2.29. The molecule has 3 aromatic carbocycles. The molecule has 32 heavy (non-hydrogen) atoms. The molecule has 0 saturated heterocycles. The van der Waals surface area contributed by atoms with E-state index in [1.807, 2.05) is 59.4 Å². The number of benzene rings is 3. The summed E-state index contributed by atoms with van der Waals surface area (Å²) in [6, 6.07) is 14.8. The maximum Gasteiger partial charge on any atom is 0.200 e. The molecule has 0 amide bonds. The van der Waals surface area contributed by atoms with Crippen LogP contribution in [0.4, 0.5) is 27.6 Å². The molecule has 0 aliphatic carbocycles. The van der Waals surface area contributed by atoms with Crippen LogP contribution in [0.1, 0.15) is 16.8 Å². The summed E-state index contributed by atoms with van der Waals surface area (Å²) in [4.78, 5) is 0. The van der Waals surface area contributed by atoms with Gasteiger partial charge in [0, 0.05) is 33.7 Å². The van der Waals surface area contributed by atoms with Crippen LogP contribution in [0, 0.1) is 36.0 Å². The average Bonchev–Trinajstić information content (AvgIpc) is 3.06. The standard InChI is InChI=1S/C23H15ClF5N3/c1-12-15(10-30-31-23-21(28)19(26)18(25)20(27)22(23)29)14-7-3-5-9-17(14)32(12)11-13-6-2-4-8-16(13)24/h2-10,31H,11H2,1H3/b30-10-. The lowest BCUT2D eigenvalue weighted by Crippen LogP contribution is -2.07. The number of para-hydroxylation sites is 1. The minimum Gasteiger partial charge on any atom is -0.340 e. The Bertz CT molecular complexity index is 1330. The van der Waals surface area contributed by atoms with Crippen molar-refractivity contribution in [3.8, 4) is 0 Å². The Morgan fingerprint density at radius 2 is 1.47 bits per heavy atom. The van der Waals surface area contributed by atoms with Crippen molar-refractivity contribution in [3.63, 3.8) is 0 Å². The van der Waals surface area contributed by atoms with Crippen molar-refractivity contribution in [3.05, 3.63) is 99.5 Å². The topological polar surface area (TPSA) is 29.3 Å². The maximum absolute atomic E-state index is 13.9. The molecule has 0 spiro atoms. The Morgan fingerprint density at radius 3 is 2.16 bits per heavy atom. The van der Waals surface area contributed by atoms with E-state index in [4.69, 9.17) is 11.6 Å². The second-order valence-electron chi connectivity index (χ2n) is 7.01. The van der Waals surface area contributed by atoms with Gasteiger partial charge in [0.1, 0.15) is 5.69 Å². The van der Waals surface area contributed by atoms with Crippen molar-refractivity contribution >= 4 is 34.4 Å². The predicted octanol–water partition coefficient (Wildman–Crippen LogP) is 6.79. The minimum atomic E-state index is -2.23. The van der Waals surface area contributed by atoms with E-state index in [0.717, 1.165) is 22.2 Å². The highest BCUT2D eigenvalue weighted by molar-refractivity contribution is 6.31. The van der Waals surface area contributed by atoms with Gasteiger partial charge in [-0.05, 0) is 24.6 Å². The normalized spacial score (nSPS) is 11.6. The van der Waals surface area contributed by atoms with E-state index in [-0.39, 0.29) is 0 Å². The first-order chi connectivity index (χ1) is 15.3. The third-order valence-electron chi connectivity index (χ3n) is 5.15. The minimum absolute atomic E-state index is 0.463. The summed E-state index contributed by atoms with van der Waals surface area (Å²) >= 11 is 6.29. The van der Waals surface area contributed by atoms with Gasteiger partial charge in [-0.15, -0.1) is 0 Å². The predicted molar refractivity (Wildman–Crippen MR) is 115 cm³/mol. The van der Waals surface area contributed by atoms with E-state index < -0.39 is 34.8 Å². The van der Waals surface area contributed by atoms with E-state index in [2.05, 4.69) is 5.10 Å². The van der Waals surface area contributed by atoms with Crippen LogP contribution in [-0.4, -0.2) is 10.8 Å². The Kier molecular flexibility index (Phi) is 5.88. The fraction of sp³-hybridized carbons (Fsp3) is 0.0870. The number of aromatic nitrogens is 1. The Labute approximate surface area is 184 Å². The fourth-order valence-electron chi connectivity index (χ4n) is 3.49. The van der Waals surface area contributed by atoms with E-state index in [1.165, 1.54) is 6.21 Å². The summed E-state index contributed by atoms with van der Waals surface area (Å²) in [6.07, 6.45) is 1.28. The van der Waals surface area contributed by atoms with Gasteiger partial charge in [0.05, 0.1) is 6.21 Å². The number of hydrogen-bond acceptors (Lipinski definition) is 2. The first-order valence-corrected chi connectivity index (χ1v) is 9.80. The van der Waals surface area contributed by atoms with Gasteiger partial charge >= 0.3 is 0 Å². The zero-order chi connectivity index (χ0) is 23.0. The molecular formula is C23H15ClF5N3. The van der Waals surface area contributed by atoms with Crippen LogP contribution in [0.3, 0.4) is 0 Å². The van der Waals surface area contributed by atoms with Crippen LogP contribution < -0.4 is 5.43 Å². The highest BCUT2D eigenvalue weighted by Gasteiger charge is 2.25. The summed E-state index contributed by atoms with van der Waals surface area (Å²) in [5.74, 6) is -10.3. The molecule has 0 atom stereocenters. The van der Waals surface area contributed by atoms with E-state index in [1.54, 1.807) is 6.07 Å². The van der Waals surface area contributed by atoms with Crippen molar-refractivity contribution < 1.29 is 22.0 Å². The Morgan fingerprint density at radius 1 is 0.875 bits per heavy atom. The van der Waals surface area contributed by atoms with Crippen molar-refractivity contribution in [2.24, 2.45) is 5.10 Å². The second kappa shape index (κ2) is 8.63. The molecule has 1 aromatic heterocycles. The van der Waals surface area contributed by atoms with Crippen LogP contribution in [0.2, 0.25) is 5.02 Å². The number of hydrogen-bond donors (Lipinski definition) is 1. The summed E-state index contributed by atoms with van der Waals surface area (Å²) in [6.45, 7) is 2.29. The molecule has 0 fully saturated rings. The lowest BCUT2D eigenvalue weighted by molar-refractivity contribution is 0.381. The molecule has 0 unspecified atom stereocenters. The second-order valence-corrected chi connectivity index (χ2v) is 7.42. The molecule has 0 aliphatic rings. The zero-order valence-corrected chi connectivity index (χ0v) is 17.3. The third-order valence-corrected chi connectivity index (χ3v) is 5.51. The van der Waals surface area contributed by atoms with Crippen LogP contribution in [0.5, 0.6) is 0 Å². The number of halogens is 6. The number of hydrazone groups is 1. The first-order valence-electron chi connectivity index (χ1n) is 9.43. The van der Waals surface area contributed by atoms with Gasteiger partial charge in [0.2, 0.25) is 5.82 Å². The highest BCUT2D eigenvalue weighted by atomic mass is 35.5. The molecule has 1 N–H and O–H groups in total. The summed E-state index contributed by atoms with van der Waals surface area (Å²) in [7, 11) is 0. The number of nitrogens with one attached hydrogen (secondary N) is 1. The maximum atomic E-state index is 13.9. The fourth-order valence-corrected chi connectivity index (χ4v) is 3.68. The van der Waals surface area contributed by atoms with Gasteiger partial charge in [-0.2, -0.15) is 5.10 Å². The van der Waals surface area contributed by atoms with Gasteiger partial charge in [-0.1, -0.05) is 48.0 Å². The van der Waals surface area contributed by atoms with Gasteiger partial charge in [-0.3, -0.25) is 5.43 Å². The van der Waals surface area contributed by atoms with Gasteiger partial charge in [0.25, 0.3) is 0 Å². The zero-order valence-electron chi connectivity index (χ0n) is 16.6. The largest absolute Gasteiger partial charge is 0.340 e. The molecule has 0 aliphatic heterocycles. The van der Waals surface area contributed by atoms with Gasteiger partial charge in [0.15, 0.2) is 23.3 Å². The van der Waals surface area contributed by atoms with E-state index in [9.17, 15) is 22.0 Å². The Balaban J connectivity index is 1.73. The van der Waals surface area contributed by atoms with E-state index >= 15 is 0 Å². The smallest absolute Gasteiger partial charge is 0.200 e. The molecule has 9 heteroatoms. The van der Waals surface area contributed by atoms with Crippen molar-refractivity contribution in [1.82, 2.24) is 4.57 Å². The van der Waals surface area contributed by atoms with Gasteiger partial charge in [-0.25, -0.2) is 22.0 Å². The van der Waals surface area contributed by atoms with Crippen LogP contribution >= 0.6 is 11.6 Å². The number of rotatable bonds is 5.